The summed E-state index contributed by atoms with van der Waals surface area (Å²) < 4.78 is 17.6. The van der Waals surface area contributed by atoms with Crippen LogP contribution >= 0.6 is 0 Å². The molecule has 3 heteroatoms. The van der Waals surface area contributed by atoms with E-state index in [2.05, 4.69) is 10.4 Å². The highest BCUT2D eigenvalue weighted by Gasteiger charge is 2.39. The first-order valence-electron chi connectivity index (χ1n) is 6.22. The predicted octanol–water partition coefficient (Wildman–Crippen LogP) is 4.09. The minimum atomic E-state index is -2.39. The van der Waals surface area contributed by atoms with E-state index < -0.39 is 9.73 Å². The molecule has 0 amide bonds. The molecule has 0 aliphatic carbocycles. The van der Waals surface area contributed by atoms with Crippen molar-refractivity contribution in [2.45, 2.75) is 44.9 Å². The first-order valence-corrected chi connectivity index (χ1v) is 7.73. The fourth-order valence-corrected chi connectivity index (χ4v) is 4.77. The monoisotopic (exact) mass is 263 g/mol. The quantitative estimate of drug-likeness (QED) is 0.750. The second-order valence-electron chi connectivity index (χ2n) is 6.26. The minimum absolute atomic E-state index is 0.352. The summed E-state index contributed by atoms with van der Waals surface area (Å²) in [6.07, 6.45) is 2.05. The molecule has 1 unspecified atom stereocenters. The van der Waals surface area contributed by atoms with E-state index >= 15 is 0 Å². The standard InChI is InChI=1S/C15H21NOS/c1-14(2,3)18(17)13(11-15(4,5)16-18)12-9-7-6-8-10-12/h6-11H,1-5H3. The molecule has 0 bridgehead atoms. The fraction of sp³-hybridized carbons (Fsp3) is 0.467. The summed E-state index contributed by atoms with van der Waals surface area (Å²) in [5, 5.41) is 0. The average Bonchev–Trinajstić information content (AvgIpc) is 2.50. The van der Waals surface area contributed by atoms with Crippen LogP contribution in [0.5, 0.6) is 0 Å². The molecule has 0 radical (unpaired) electrons. The van der Waals surface area contributed by atoms with Crippen molar-refractivity contribution in [1.82, 2.24) is 0 Å². The van der Waals surface area contributed by atoms with Gasteiger partial charge in [0.15, 0.2) is 0 Å². The SMILES string of the molecule is CC1(C)C=C(c2ccccc2)S(=O)(C(C)(C)C)=N1. The summed E-state index contributed by atoms with van der Waals surface area (Å²) in [5.41, 5.74) is 0.668. The summed E-state index contributed by atoms with van der Waals surface area (Å²) in [6, 6.07) is 9.94. The van der Waals surface area contributed by atoms with Gasteiger partial charge in [-0.2, -0.15) is 0 Å². The van der Waals surface area contributed by atoms with Crippen molar-refractivity contribution in [3.05, 3.63) is 42.0 Å². The molecular weight excluding hydrogens is 242 g/mol. The van der Waals surface area contributed by atoms with Gasteiger partial charge in [-0.3, -0.25) is 0 Å². The number of nitrogens with zero attached hydrogens (tertiary/aromatic N) is 1. The highest BCUT2D eigenvalue weighted by Crippen LogP contribution is 2.41. The van der Waals surface area contributed by atoms with Crippen molar-refractivity contribution in [1.29, 1.82) is 0 Å². The lowest BCUT2D eigenvalue weighted by molar-refractivity contribution is 0.628. The van der Waals surface area contributed by atoms with Crippen molar-refractivity contribution in [2.75, 3.05) is 0 Å². The fourth-order valence-electron chi connectivity index (χ4n) is 2.12. The lowest BCUT2D eigenvalue weighted by Crippen LogP contribution is -2.27. The van der Waals surface area contributed by atoms with Gasteiger partial charge in [-0.15, -0.1) is 0 Å². The Balaban J connectivity index is 2.69. The average molecular weight is 263 g/mol. The molecule has 0 N–H and O–H groups in total. The van der Waals surface area contributed by atoms with Crippen LogP contribution in [0.15, 0.2) is 40.8 Å². The highest BCUT2D eigenvalue weighted by molar-refractivity contribution is 8.04. The number of hydrogen-bond donors (Lipinski definition) is 0. The molecule has 0 saturated carbocycles. The molecule has 2 rings (SSSR count). The Bertz CT molecular complexity index is 597. The third-order valence-electron chi connectivity index (χ3n) is 3.03. The lowest BCUT2D eigenvalue weighted by atomic mass is 10.1. The van der Waals surface area contributed by atoms with E-state index in [0.717, 1.165) is 10.5 Å². The summed E-state index contributed by atoms with van der Waals surface area (Å²) in [6.45, 7) is 10.0. The van der Waals surface area contributed by atoms with Crippen LogP contribution in [0.3, 0.4) is 0 Å². The Morgan fingerprint density at radius 1 is 1.11 bits per heavy atom. The Kier molecular flexibility index (Phi) is 2.93. The zero-order valence-corrected chi connectivity index (χ0v) is 12.5. The van der Waals surface area contributed by atoms with Crippen molar-refractivity contribution in [3.8, 4) is 0 Å². The van der Waals surface area contributed by atoms with E-state index in [-0.39, 0.29) is 10.3 Å². The van der Waals surface area contributed by atoms with E-state index in [1.54, 1.807) is 0 Å². The second-order valence-corrected chi connectivity index (χ2v) is 9.16. The second kappa shape index (κ2) is 3.95. The molecule has 1 heterocycles. The molecule has 1 atom stereocenters. The maximum atomic E-state index is 13.3. The van der Waals surface area contributed by atoms with E-state index in [0.29, 0.717) is 0 Å². The molecule has 0 aromatic heterocycles. The van der Waals surface area contributed by atoms with Crippen LogP contribution in [0.2, 0.25) is 0 Å². The van der Waals surface area contributed by atoms with Crippen molar-refractivity contribution < 1.29 is 4.21 Å². The lowest BCUT2D eigenvalue weighted by Gasteiger charge is -2.24. The predicted molar refractivity (Wildman–Crippen MR) is 78.8 cm³/mol. The van der Waals surface area contributed by atoms with Gasteiger partial charge in [0.2, 0.25) is 0 Å². The smallest absolute Gasteiger partial charge is 0.0844 e. The number of hydrogen-bond acceptors (Lipinski definition) is 2. The Hall–Kier alpha value is -1.09. The van der Waals surface area contributed by atoms with Gasteiger partial charge < -0.3 is 0 Å². The Labute approximate surface area is 110 Å². The zero-order valence-electron chi connectivity index (χ0n) is 11.7. The zero-order chi connectivity index (χ0) is 13.6. The first kappa shape index (κ1) is 13.3. The van der Waals surface area contributed by atoms with E-state index in [9.17, 15) is 4.21 Å². The molecule has 0 fully saturated rings. The van der Waals surface area contributed by atoms with Gasteiger partial charge in [0.05, 0.1) is 24.9 Å². The summed E-state index contributed by atoms with van der Waals surface area (Å²) in [5.74, 6) is 0. The van der Waals surface area contributed by atoms with Crippen molar-refractivity contribution >= 4 is 14.6 Å². The van der Waals surface area contributed by atoms with Gasteiger partial charge in [0.1, 0.15) is 0 Å². The van der Waals surface area contributed by atoms with Crippen molar-refractivity contribution in [3.63, 3.8) is 0 Å². The van der Waals surface area contributed by atoms with E-state index in [1.807, 2.05) is 65.0 Å². The van der Waals surface area contributed by atoms with E-state index in [1.165, 1.54) is 0 Å². The third-order valence-corrected chi connectivity index (χ3v) is 6.37. The van der Waals surface area contributed by atoms with Gasteiger partial charge in [-0.05, 0) is 46.3 Å². The van der Waals surface area contributed by atoms with Crippen LogP contribution in [0.4, 0.5) is 0 Å². The minimum Gasteiger partial charge on any atom is -0.244 e. The van der Waals surface area contributed by atoms with Crippen LogP contribution in [0, 0.1) is 0 Å². The first-order chi connectivity index (χ1) is 8.16. The van der Waals surface area contributed by atoms with Gasteiger partial charge in [-0.25, -0.2) is 8.57 Å². The van der Waals surface area contributed by atoms with Crippen molar-refractivity contribution in [2.24, 2.45) is 4.36 Å². The van der Waals surface area contributed by atoms with Crippen LogP contribution in [-0.4, -0.2) is 14.5 Å². The summed E-state index contributed by atoms with van der Waals surface area (Å²) >= 11 is 0. The molecular formula is C15H21NOS. The largest absolute Gasteiger partial charge is 0.244 e. The van der Waals surface area contributed by atoms with Crippen LogP contribution < -0.4 is 0 Å². The molecule has 2 nitrogen and oxygen atoms in total. The van der Waals surface area contributed by atoms with Gasteiger partial charge in [-0.1, -0.05) is 30.3 Å². The van der Waals surface area contributed by atoms with Crippen LogP contribution in [-0.2, 0) is 9.73 Å². The van der Waals surface area contributed by atoms with E-state index in [4.69, 9.17) is 0 Å². The van der Waals surface area contributed by atoms with Gasteiger partial charge in [0, 0.05) is 0 Å². The molecule has 0 spiro atoms. The number of rotatable bonds is 1. The molecule has 18 heavy (non-hydrogen) atoms. The van der Waals surface area contributed by atoms with Gasteiger partial charge >= 0.3 is 0 Å². The normalized spacial score (nSPS) is 26.6. The van der Waals surface area contributed by atoms with Crippen LogP contribution in [0.25, 0.3) is 4.91 Å². The summed E-state index contributed by atoms with van der Waals surface area (Å²) in [7, 11) is -2.39. The highest BCUT2D eigenvalue weighted by atomic mass is 32.2. The summed E-state index contributed by atoms with van der Waals surface area (Å²) in [4.78, 5) is 0.889. The number of benzene rings is 1. The maximum Gasteiger partial charge on any atom is 0.0844 e. The molecule has 0 saturated heterocycles. The molecule has 1 aliphatic rings. The van der Waals surface area contributed by atoms with Gasteiger partial charge in [0.25, 0.3) is 0 Å². The molecule has 1 aromatic rings. The molecule has 1 aromatic carbocycles. The maximum absolute atomic E-state index is 13.3. The molecule has 98 valence electrons. The Morgan fingerprint density at radius 2 is 1.67 bits per heavy atom. The molecule has 1 aliphatic heterocycles. The third kappa shape index (κ3) is 2.12. The van der Waals surface area contributed by atoms with Crippen LogP contribution in [0.1, 0.15) is 40.2 Å². The topological polar surface area (TPSA) is 29.4 Å². The Morgan fingerprint density at radius 3 is 2.17 bits per heavy atom.